The van der Waals surface area contributed by atoms with Crippen LogP contribution in [-0.4, -0.2) is 69.9 Å². The summed E-state index contributed by atoms with van der Waals surface area (Å²) in [6.07, 6.45) is 2.93. The predicted octanol–water partition coefficient (Wildman–Crippen LogP) is 0.0658. The van der Waals surface area contributed by atoms with Gasteiger partial charge in [-0.1, -0.05) is 26.2 Å². The Morgan fingerprint density at radius 2 is 2.19 bits per heavy atom. The Balaban J connectivity index is 1.62. The van der Waals surface area contributed by atoms with Crippen LogP contribution >= 0.6 is 0 Å². The molecule has 3 aromatic heterocycles. The normalized spacial score (nSPS) is 22.5. The van der Waals surface area contributed by atoms with E-state index in [1.807, 2.05) is 6.92 Å². The van der Waals surface area contributed by atoms with Gasteiger partial charge in [0, 0.05) is 6.42 Å². The molecular weight excluding hydrogens is 406 g/mol. The zero-order valence-electron chi connectivity index (χ0n) is 17.3. The van der Waals surface area contributed by atoms with Crippen molar-refractivity contribution in [1.29, 1.82) is 0 Å². The third-order valence-electron chi connectivity index (χ3n) is 5.77. The summed E-state index contributed by atoms with van der Waals surface area (Å²) >= 11 is 0. The number of Topliss-reactive ketones (excluding diaryl/α,β-unsaturated/α-hetero) is 1. The maximum Gasteiger partial charge on any atom is 0.287 e. The Bertz CT molecular complexity index is 1130. The molecule has 1 unspecified atom stereocenters. The highest BCUT2D eigenvalue weighted by Crippen LogP contribution is 2.30. The number of rotatable bonds is 9. The highest BCUT2D eigenvalue weighted by Gasteiger charge is 2.35. The highest BCUT2D eigenvalue weighted by atomic mass is 16.5. The van der Waals surface area contributed by atoms with E-state index >= 15 is 0 Å². The van der Waals surface area contributed by atoms with Gasteiger partial charge >= 0.3 is 0 Å². The number of imidazole rings is 2. The number of ketones is 1. The maximum absolute atomic E-state index is 13.1. The molecule has 0 aliphatic carbocycles. The van der Waals surface area contributed by atoms with Crippen LogP contribution < -0.4 is 5.56 Å². The lowest BCUT2D eigenvalue weighted by Gasteiger charge is -2.14. The van der Waals surface area contributed by atoms with Gasteiger partial charge in [0.25, 0.3) is 5.56 Å². The number of nitrogens with zero attached hydrogens (tertiary/aromatic N) is 4. The number of carbonyl (C=O) groups is 1. The third kappa shape index (κ3) is 4.01. The number of aromatic nitrogens is 5. The largest absolute Gasteiger partial charge is 0.394 e. The van der Waals surface area contributed by atoms with E-state index in [1.54, 1.807) is 4.57 Å². The molecule has 0 aromatic carbocycles. The fourth-order valence-corrected chi connectivity index (χ4v) is 3.99. The van der Waals surface area contributed by atoms with Gasteiger partial charge in [-0.15, -0.1) is 0 Å². The fourth-order valence-electron chi connectivity index (χ4n) is 3.99. The standard InChI is InChI=1S/C20H27N5O6/c1-2-3-4-5-12(27)13(28)6-11-8-21-20-23-18-17(19(30)25(11)20)22-10-24(18)16-7-14(29)15(9-26)31-16/h8,10,12,14-16,26-27,29H,2-7,9H2,1H3,(H,21,23)/t12?,14-,15+,16+/m0/s1. The topological polar surface area (TPSA) is 155 Å². The van der Waals surface area contributed by atoms with Crippen LogP contribution in [0.15, 0.2) is 17.3 Å². The van der Waals surface area contributed by atoms with Crippen LogP contribution in [0, 0.1) is 0 Å². The van der Waals surface area contributed by atoms with Crippen LogP contribution in [0.2, 0.25) is 0 Å². The van der Waals surface area contributed by atoms with Gasteiger partial charge in [0.05, 0.1) is 37.3 Å². The second-order valence-electron chi connectivity index (χ2n) is 7.96. The second kappa shape index (κ2) is 8.87. The van der Waals surface area contributed by atoms with E-state index in [-0.39, 0.29) is 36.5 Å². The summed E-state index contributed by atoms with van der Waals surface area (Å²) in [5.74, 6) is -0.119. The number of aliphatic hydroxyl groups is 3. The second-order valence-corrected chi connectivity index (χ2v) is 7.96. The van der Waals surface area contributed by atoms with Gasteiger partial charge in [0.15, 0.2) is 11.3 Å². The molecule has 1 aliphatic heterocycles. The number of aliphatic hydroxyl groups excluding tert-OH is 3. The molecule has 11 nitrogen and oxygen atoms in total. The van der Waals surface area contributed by atoms with Crippen molar-refractivity contribution in [3.63, 3.8) is 0 Å². The van der Waals surface area contributed by atoms with Gasteiger partial charge in [-0.25, -0.2) is 14.4 Å². The third-order valence-corrected chi connectivity index (χ3v) is 5.77. The molecular formula is C20H27N5O6. The molecule has 4 heterocycles. The number of aromatic amines is 1. The van der Waals surface area contributed by atoms with Crippen LogP contribution in [0.1, 0.15) is 50.9 Å². The number of carbonyl (C=O) groups excluding carboxylic acids is 1. The van der Waals surface area contributed by atoms with Crippen molar-refractivity contribution < 1.29 is 24.9 Å². The van der Waals surface area contributed by atoms with E-state index in [0.717, 1.165) is 19.3 Å². The molecule has 0 radical (unpaired) electrons. The lowest BCUT2D eigenvalue weighted by atomic mass is 10.0. The molecule has 4 N–H and O–H groups in total. The first-order valence-corrected chi connectivity index (χ1v) is 10.5. The van der Waals surface area contributed by atoms with E-state index in [0.29, 0.717) is 17.8 Å². The number of hydrogen-bond donors (Lipinski definition) is 4. The first kappa shape index (κ1) is 21.6. The van der Waals surface area contributed by atoms with Crippen LogP contribution in [-0.2, 0) is 16.0 Å². The molecule has 31 heavy (non-hydrogen) atoms. The Hall–Kier alpha value is -2.60. The first-order chi connectivity index (χ1) is 14.9. The molecule has 1 saturated heterocycles. The zero-order valence-corrected chi connectivity index (χ0v) is 17.3. The zero-order chi connectivity index (χ0) is 22.1. The average Bonchev–Trinajstić information content (AvgIpc) is 3.45. The number of unbranched alkanes of at least 4 members (excludes halogenated alkanes) is 2. The minimum atomic E-state index is -1.07. The molecule has 1 aliphatic rings. The van der Waals surface area contributed by atoms with Crippen molar-refractivity contribution in [1.82, 2.24) is 23.9 Å². The molecule has 11 heteroatoms. The quantitative estimate of drug-likeness (QED) is 0.346. The van der Waals surface area contributed by atoms with Gasteiger partial charge in [-0.2, -0.15) is 0 Å². The number of hydrogen-bond acceptors (Lipinski definition) is 8. The molecule has 0 spiro atoms. The minimum Gasteiger partial charge on any atom is -0.394 e. The Labute approximate surface area is 177 Å². The number of ether oxygens (including phenoxy) is 1. The molecule has 4 atom stereocenters. The van der Waals surface area contributed by atoms with E-state index in [2.05, 4.69) is 15.0 Å². The lowest BCUT2D eigenvalue weighted by Crippen LogP contribution is -2.25. The van der Waals surface area contributed by atoms with E-state index in [9.17, 15) is 24.9 Å². The summed E-state index contributed by atoms with van der Waals surface area (Å²) in [7, 11) is 0. The molecule has 1 fully saturated rings. The van der Waals surface area contributed by atoms with Gasteiger partial charge in [-0.05, 0) is 6.42 Å². The molecule has 168 valence electrons. The van der Waals surface area contributed by atoms with Crippen molar-refractivity contribution in [3.05, 3.63) is 28.6 Å². The van der Waals surface area contributed by atoms with Crippen molar-refractivity contribution in [2.45, 2.75) is 70.0 Å². The molecule has 4 rings (SSSR count). The van der Waals surface area contributed by atoms with Crippen LogP contribution in [0.5, 0.6) is 0 Å². The van der Waals surface area contributed by atoms with E-state index in [4.69, 9.17) is 4.74 Å². The van der Waals surface area contributed by atoms with Crippen molar-refractivity contribution in [2.75, 3.05) is 6.61 Å². The molecule has 3 aromatic rings. The molecule has 0 saturated carbocycles. The summed E-state index contributed by atoms with van der Waals surface area (Å²) in [5.41, 5.74) is 0.435. The fraction of sp³-hybridized carbons (Fsp3) is 0.600. The average molecular weight is 433 g/mol. The van der Waals surface area contributed by atoms with Crippen LogP contribution in [0.4, 0.5) is 0 Å². The van der Waals surface area contributed by atoms with E-state index < -0.39 is 30.1 Å². The minimum absolute atomic E-state index is 0.111. The summed E-state index contributed by atoms with van der Waals surface area (Å²) in [5, 5.41) is 29.4. The highest BCUT2D eigenvalue weighted by molar-refractivity contribution is 5.85. The Kier molecular flexibility index (Phi) is 6.19. The van der Waals surface area contributed by atoms with Crippen LogP contribution in [0.25, 0.3) is 16.9 Å². The SMILES string of the molecule is CCCCCC(O)C(=O)Cc1cnc2[nH]c3c(ncn3[C@H]3C[C@H](O)[C@@H](CO)O3)c(=O)n12. The monoisotopic (exact) mass is 433 g/mol. The first-order valence-electron chi connectivity index (χ1n) is 10.5. The maximum atomic E-state index is 13.1. The Morgan fingerprint density at radius 1 is 1.39 bits per heavy atom. The molecule has 0 bridgehead atoms. The Morgan fingerprint density at radius 3 is 2.90 bits per heavy atom. The number of nitrogens with one attached hydrogen (secondary N) is 1. The van der Waals surface area contributed by atoms with Gasteiger partial charge < -0.3 is 25.0 Å². The van der Waals surface area contributed by atoms with Gasteiger partial charge in [-0.3, -0.25) is 14.2 Å². The van der Waals surface area contributed by atoms with Crippen LogP contribution in [0.3, 0.4) is 0 Å². The van der Waals surface area contributed by atoms with Crippen molar-refractivity contribution >= 4 is 22.7 Å². The van der Waals surface area contributed by atoms with Gasteiger partial charge in [0.1, 0.15) is 24.1 Å². The number of H-pyrrole nitrogens is 1. The number of fused-ring (bicyclic) bond motifs is 2. The van der Waals surface area contributed by atoms with Gasteiger partial charge in [0.2, 0.25) is 5.78 Å². The summed E-state index contributed by atoms with van der Waals surface area (Å²) in [6, 6.07) is 0. The van der Waals surface area contributed by atoms with Crippen molar-refractivity contribution in [3.8, 4) is 0 Å². The lowest BCUT2D eigenvalue weighted by molar-refractivity contribution is -0.126. The summed E-state index contributed by atoms with van der Waals surface area (Å²) in [6.45, 7) is 1.74. The van der Waals surface area contributed by atoms with E-state index in [1.165, 1.54) is 16.9 Å². The van der Waals surface area contributed by atoms with Crippen molar-refractivity contribution in [2.24, 2.45) is 0 Å². The summed E-state index contributed by atoms with van der Waals surface area (Å²) < 4.78 is 8.53. The predicted molar refractivity (Wildman–Crippen MR) is 110 cm³/mol. The molecule has 0 amide bonds. The smallest absolute Gasteiger partial charge is 0.287 e. The summed E-state index contributed by atoms with van der Waals surface area (Å²) in [4.78, 5) is 36.9.